The van der Waals surface area contributed by atoms with Crippen LogP contribution in [0.4, 0.5) is 5.69 Å². The molecule has 1 N–H and O–H groups in total. The van der Waals surface area contributed by atoms with Crippen LogP contribution in [0.5, 0.6) is 0 Å². The first-order valence-corrected chi connectivity index (χ1v) is 30.5. The van der Waals surface area contributed by atoms with Gasteiger partial charge in [0.2, 0.25) is 21.8 Å². The average molecular weight is 1150 g/mol. The van der Waals surface area contributed by atoms with Gasteiger partial charge in [0.15, 0.2) is 5.78 Å². The minimum atomic E-state index is -3.90. The van der Waals surface area contributed by atoms with E-state index in [-0.39, 0.29) is 97.9 Å². The van der Waals surface area contributed by atoms with Crippen LogP contribution in [0.3, 0.4) is 0 Å². The molecule has 3 saturated heterocycles. The van der Waals surface area contributed by atoms with Gasteiger partial charge in [0, 0.05) is 123 Å². The Balaban J connectivity index is 0.768. The largest absolute Gasteiger partial charge is 0.481 e. The first-order chi connectivity index (χ1) is 38.0. The summed E-state index contributed by atoms with van der Waals surface area (Å²) in [5.74, 6) is -1.19. The maximum atomic E-state index is 14.7. The molecule has 6 heterocycles. The van der Waals surface area contributed by atoms with E-state index < -0.39 is 32.9 Å². The number of rotatable bonds is 17. The molecule has 0 spiro atoms. The van der Waals surface area contributed by atoms with Crippen molar-refractivity contribution in [2.45, 2.75) is 130 Å². The van der Waals surface area contributed by atoms with Crippen LogP contribution in [0, 0.1) is 17.8 Å². The number of aromatic nitrogens is 4. The lowest BCUT2D eigenvalue weighted by atomic mass is 9.66. The van der Waals surface area contributed by atoms with Gasteiger partial charge in [-0.25, -0.2) is 18.4 Å². The Bertz CT molecular complexity index is 3280. The number of ketones is 1. The van der Waals surface area contributed by atoms with E-state index in [1.54, 1.807) is 22.6 Å². The molecule has 80 heavy (non-hydrogen) atoms. The number of benzene rings is 2. The smallest absolute Gasteiger partial charge is 0.303 e. The Morgan fingerprint density at radius 3 is 2.06 bits per heavy atom. The van der Waals surface area contributed by atoms with Crippen molar-refractivity contribution in [2.75, 3.05) is 69.6 Å². The van der Waals surface area contributed by atoms with Crippen LogP contribution in [0.15, 0.2) is 77.9 Å². The van der Waals surface area contributed by atoms with Crippen molar-refractivity contribution in [3.63, 3.8) is 0 Å². The molecule has 3 aliphatic heterocycles. The average Bonchev–Trinajstić information content (AvgIpc) is 4.03. The fraction of sp³-hybridized carbons (Fsp3) is 0.533. The van der Waals surface area contributed by atoms with E-state index in [0.29, 0.717) is 84.5 Å². The number of carboxylic acids is 1. The molecule has 2 aromatic carbocycles. The van der Waals surface area contributed by atoms with Crippen LogP contribution in [0.25, 0.3) is 11.0 Å². The summed E-state index contributed by atoms with van der Waals surface area (Å²) in [6.07, 6.45) is 8.92. The monoisotopic (exact) mass is 1150 g/mol. The van der Waals surface area contributed by atoms with Crippen molar-refractivity contribution in [2.24, 2.45) is 10.8 Å². The first kappa shape index (κ1) is 58.9. The van der Waals surface area contributed by atoms with E-state index in [1.165, 1.54) is 11.2 Å². The van der Waals surface area contributed by atoms with Gasteiger partial charge in [-0.05, 0) is 103 Å². The number of hydrogen-bond donors (Lipinski definition) is 1. The molecule has 2 amide bonds. The summed E-state index contributed by atoms with van der Waals surface area (Å²) in [6, 6.07) is 18.3. The molecule has 5 aromatic rings. The molecule has 428 valence electrons. The van der Waals surface area contributed by atoms with Crippen LogP contribution in [0.2, 0.25) is 10.0 Å². The highest BCUT2D eigenvalue weighted by Crippen LogP contribution is 2.53. The van der Waals surface area contributed by atoms with Crippen LogP contribution in [-0.4, -0.2) is 146 Å². The maximum absolute atomic E-state index is 14.7. The number of carbonyl (C=O) groups excluding carboxylic acids is 3. The van der Waals surface area contributed by atoms with E-state index in [0.717, 1.165) is 48.2 Å². The number of sulfonamides is 1. The number of hydrogen-bond acceptors (Lipinski definition) is 12. The molecular weight excluding hydrogens is 1080 g/mol. The molecule has 20 heteroatoms. The fourth-order valence-electron chi connectivity index (χ4n) is 12.9. The Morgan fingerprint density at radius 1 is 0.825 bits per heavy atom. The zero-order valence-corrected chi connectivity index (χ0v) is 49.2. The Kier molecular flexibility index (Phi) is 17.9. The molecule has 4 fully saturated rings. The summed E-state index contributed by atoms with van der Waals surface area (Å²) < 4.78 is 32.5. The number of carbonyl (C=O) groups is 4. The molecule has 0 radical (unpaired) electrons. The normalized spacial score (nSPS) is 21.3. The van der Waals surface area contributed by atoms with Gasteiger partial charge in [-0.3, -0.25) is 38.4 Å². The number of halogens is 2. The highest BCUT2D eigenvalue weighted by molar-refractivity contribution is 7.89. The number of Topliss-reactive ketones (excluding diaryl/α,β-unsaturated/α-hetero) is 1. The number of aliphatic carboxylic acids is 1. The summed E-state index contributed by atoms with van der Waals surface area (Å²) >= 11 is 13.0. The Morgan fingerprint density at radius 2 is 1.48 bits per heavy atom. The van der Waals surface area contributed by atoms with E-state index >= 15 is 0 Å². The van der Waals surface area contributed by atoms with Gasteiger partial charge in [0.05, 0.1) is 36.0 Å². The molecule has 4 aliphatic rings. The molecule has 3 aromatic heterocycles. The third-order valence-corrected chi connectivity index (χ3v) is 19.4. The van der Waals surface area contributed by atoms with E-state index in [9.17, 15) is 37.5 Å². The zero-order valence-electron chi connectivity index (χ0n) is 46.9. The van der Waals surface area contributed by atoms with Crippen molar-refractivity contribution in [1.29, 1.82) is 0 Å². The molecule has 0 unspecified atom stereocenters. The number of likely N-dealkylation sites (tertiary alicyclic amines) is 1. The molecule has 1 saturated carbocycles. The van der Waals surface area contributed by atoms with E-state index in [4.69, 9.17) is 33.2 Å². The quantitative estimate of drug-likeness (QED) is 0.0866. The number of amides is 2. The van der Waals surface area contributed by atoms with Gasteiger partial charge in [-0.2, -0.15) is 4.31 Å². The van der Waals surface area contributed by atoms with Crippen LogP contribution in [0.1, 0.15) is 149 Å². The SMILES string of the molecule is CC(=O)c1c(C)c2cnc(Cc3ccc(N4CCN(C(=O)CCCC(=O)N5CCN(S(=O)(=O)C[C@@H](N6C[C@@](C)(CC(=O)O)C[C@H](c7cccc(Cl)c7)[C@H]6c6ccc(Cl)cc6)C(C)(C)C)CC5)CC4)cn3)nc2n(C2CCCC2)c1=O. The fourth-order valence-corrected chi connectivity index (χ4v) is 15.3. The van der Waals surface area contributed by atoms with Gasteiger partial charge in [0.1, 0.15) is 11.5 Å². The molecule has 9 rings (SSSR count). The highest BCUT2D eigenvalue weighted by atomic mass is 35.5. The Hall–Kier alpha value is -5.79. The van der Waals surface area contributed by atoms with Crippen LogP contribution in [-0.2, 0) is 30.8 Å². The minimum absolute atomic E-state index is 0.00562. The summed E-state index contributed by atoms with van der Waals surface area (Å²) in [7, 11) is -3.90. The third-order valence-electron chi connectivity index (χ3n) is 17.1. The zero-order chi connectivity index (χ0) is 57.3. The lowest BCUT2D eigenvalue weighted by Gasteiger charge is -2.55. The van der Waals surface area contributed by atoms with E-state index in [2.05, 4.69) is 14.8 Å². The van der Waals surface area contributed by atoms with Gasteiger partial charge in [-0.15, -0.1) is 0 Å². The van der Waals surface area contributed by atoms with Gasteiger partial charge in [-0.1, -0.05) is 88.0 Å². The van der Waals surface area contributed by atoms with Crippen molar-refractivity contribution in [3.8, 4) is 0 Å². The number of piperidine rings is 1. The minimum Gasteiger partial charge on any atom is -0.481 e. The second-order valence-electron chi connectivity index (χ2n) is 24.0. The highest BCUT2D eigenvalue weighted by Gasteiger charge is 2.50. The first-order valence-electron chi connectivity index (χ1n) is 28.1. The summed E-state index contributed by atoms with van der Waals surface area (Å²) in [6.45, 7) is 14.7. The Labute approximate surface area is 479 Å². The standard InChI is InChI=1S/C60H75Cl2N9O8S/c1-39-49-36-64-51(65-57(49)71(46-13-7-8-14-46)58(77)55(39)40(2)72)32-45-21-22-47(35-63-45)66-23-25-67(26-24-66)52(73)15-10-16-53(74)68-27-29-69(30-28-68)80(78,79)37-50(59(3,4)5)70-38-60(6,34-54(75)76)33-48(42-11-9-12-44(62)31-42)56(70)41-17-19-43(61)20-18-41/h9,11-12,17-22,31,35-36,46,48,50,56H,7-8,10,13-16,23-30,32-34,37-38H2,1-6H3,(H,75,76)/t48-,50-,56-,60-/m1/s1. The second-order valence-corrected chi connectivity index (χ2v) is 26.8. The second kappa shape index (κ2) is 24.3. The number of anilines is 1. The number of piperazine rings is 2. The van der Waals surface area contributed by atoms with E-state index in [1.807, 2.05) is 99.5 Å². The predicted molar refractivity (Wildman–Crippen MR) is 311 cm³/mol. The molecular formula is C60H75Cl2N9O8S. The summed E-state index contributed by atoms with van der Waals surface area (Å²) in [5.41, 5.74) is 3.41. The molecule has 17 nitrogen and oxygen atoms in total. The van der Waals surface area contributed by atoms with Crippen molar-refractivity contribution >= 4 is 73.5 Å². The molecule has 0 bridgehead atoms. The van der Waals surface area contributed by atoms with Gasteiger partial charge < -0.3 is 19.8 Å². The topological polar surface area (TPSA) is 200 Å². The lowest BCUT2D eigenvalue weighted by Crippen LogP contribution is -2.59. The number of aryl methyl sites for hydroxylation is 1. The predicted octanol–water partition coefficient (Wildman–Crippen LogP) is 9.13. The van der Waals surface area contributed by atoms with Gasteiger partial charge >= 0.3 is 5.97 Å². The van der Waals surface area contributed by atoms with Crippen LogP contribution >= 0.6 is 23.2 Å². The summed E-state index contributed by atoms with van der Waals surface area (Å²) in [5, 5.41) is 12.0. The van der Waals surface area contributed by atoms with Gasteiger partial charge in [0.25, 0.3) is 5.56 Å². The molecule has 1 aliphatic carbocycles. The summed E-state index contributed by atoms with van der Waals surface area (Å²) in [4.78, 5) is 87.8. The molecule has 4 atom stereocenters. The number of fused-ring (bicyclic) bond motifs is 1. The third kappa shape index (κ3) is 13.3. The van der Waals surface area contributed by atoms with Crippen molar-refractivity contribution < 1.29 is 32.7 Å². The lowest BCUT2D eigenvalue weighted by molar-refractivity contribution is -0.142. The number of carboxylic acid groups (broad SMARTS) is 1. The number of nitrogens with zero attached hydrogens (tertiary/aromatic N) is 9. The number of pyridine rings is 2. The maximum Gasteiger partial charge on any atom is 0.303 e. The van der Waals surface area contributed by atoms with Crippen molar-refractivity contribution in [3.05, 3.63) is 127 Å². The van der Waals surface area contributed by atoms with Crippen molar-refractivity contribution in [1.82, 2.24) is 38.5 Å². The van der Waals surface area contributed by atoms with Crippen LogP contribution < -0.4 is 10.5 Å².